The van der Waals surface area contributed by atoms with E-state index >= 15 is 0 Å². The molecule has 1 saturated heterocycles. The lowest BCUT2D eigenvalue weighted by Gasteiger charge is -2.27. The van der Waals surface area contributed by atoms with Crippen molar-refractivity contribution in [2.75, 3.05) is 30.3 Å². The van der Waals surface area contributed by atoms with Crippen molar-refractivity contribution in [3.63, 3.8) is 0 Å². The van der Waals surface area contributed by atoms with Crippen molar-refractivity contribution in [3.05, 3.63) is 23.8 Å². The molecule has 0 radical (unpaired) electrons. The van der Waals surface area contributed by atoms with Crippen LogP contribution in [-0.2, 0) is 4.74 Å². The molecule has 1 heterocycles. The van der Waals surface area contributed by atoms with Gasteiger partial charge in [0.15, 0.2) is 0 Å². The second kappa shape index (κ2) is 5.41. The second-order valence-corrected chi connectivity index (χ2v) is 4.75. The molecule has 1 fully saturated rings. The summed E-state index contributed by atoms with van der Waals surface area (Å²) < 4.78 is 5.80. The van der Waals surface area contributed by atoms with Crippen LogP contribution in [-0.4, -0.2) is 25.8 Å². The first-order valence-electron chi connectivity index (χ1n) is 6.43. The standard InChI is InChI=1S/C14H22N2O/c1-3-13-10-16(7-4-8-17-13)14-9-12(15)6-5-11(14)2/h5-6,9,13H,3-4,7-8,10,15H2,1-2H3. The van der Waals surface area contributed by atoms with Crippen molar-refractivity contribution in [2.45, 2.75) is 32.8 Å². The van der Waals surface area contributed by atoms with Crippen LogP contribution in [0, 0.1) is 6.92 Å². The fraction of sp³-hybridized carbons (Fsp3) is 0.571. The van der Waals surface area contributed by atoms with Gasteiger partial charge in [0, 0.05) is 31.1 Å². The van der Waals surface area contributed by atoms with Crippen LogP contribution in [0.2, 0.25) is 0 Å². The van der Waals surface area contributed by atoms with E-state index in [1.165, 1.54) is 11.3 Å². The minimum absolute atomic E-state index is 0.346. The molecule has 17 heavy (non-hydrogen) atoms. The Kier molecular flexibility index (Phi) is 3.89. The van der Waals surface area contributed by atoms with Crippen LogP contribution in [0.3, 0.4) is 0 Å². The van der Waals surface area contributed by atoms with Crippen LogP contribution in [0.15, 0.2) is 18.2 Å². The van der Waals surface area contributed by atoms with Crippen molar-refractivity contribution >= 4 is 11.4 Å². The number of anilines is 2. The van der Waals surface area contributed by atoms with Gasteiger partial charge >= 0.3 is 0 Å². The Morgan fingerprint density at radius 3 is 3.06 bits per heavy atom. The van der Waals surface area contributed by atoms with E-state index in [-0.39, 0.29) is 0 Å². The average molecular weight is 234 g/mol. The monoisotopic (exact) mass is 234 g/mol. The zero-order valence-electron chi connectivity index (χ0n) is 10.8. The molecule has 1 atom stereocenters. The Labute approximate surface area is 104 Å². The van der Waals surface area contributed by atoms with Gasteiger partial charge in [-0.15, -0.1) is 0 Å². The predicted octanol–water partition coefficient (Wildman–Crippen LogP) is 2.58. The summed E-state index contributed by atoms with van der Waals surface area (Å²) in [4.78, 5) is 2.41. The lowest BCUT2D eigenvalue weighted by Crippen LogP contribution is -2.31. The third-order valence-electron chi connectivity index (χ3n) is 3.38. The van der Waals surface area contributed by atoms with Crippen molar-refractivity contribution in [1.29, 1.82) is 0 Å². The molecular formula is C14H22N2O. The number of rotatable bonds is 2. The van der Waals surface area contributed by atoms with Gasteiger partial charge in [0.25, 0.3) is 0 Å². The van der Waals surface area contributed by atoms with E-state index in [1.54, 1.807) is 0 Å². The van der Waals surface area contributed by atoms with Crippen LogP contribution < -0.4 is 10.6 Å². The molecule has 0 saturated carbocycles. The summed E-state index contributed by atoms with van der Waals surface area (Å²) in [5.74, 6) is 0. The molecule has 0 aromatic heterocycles. The minimum atomic E-state index is 0.346. The summed E-state index contributed by atoms with van der Waals surface area (Å²) >= 11 is 0. The fourth-order valence-electron chi connectivity index (χ4n) is 2.33. The third kappa shape index (κ3) is 2.91. The first kappa shape index (κ1) is 12.2. The lowest BCUT2D eigenvalue weighted by atomic mass is 10.1. The summed E-state index contributed by atoms with van der Waals surface area (Å²) in [6.07, 6.45) is 2.50. The summed E-state index contributed by atoms with van der Waals surface area (Å²) in [7, 11) is 0. The van der Waals surface area contributed by atoms with Crippen molar-refractivity contribution in [3.8, 4) is 0 Å². The molecule has 1 unspecified atom stereocenters. The first-order chi connectivity index (χ1) is 8.20. The van der Waals surface area contributed by atoms with E-state index in [0.717, 1.165) is 38.2 Å². The zero-order chi connectivity index (χ0) is 12.3. The maximum Gasteiger partial charge on any atom is 0.0747 e. The van der Waals surface area contributed by atoms with Crippen LogP contribution >= 0.6 is 0 Å². The normalized spacial score (nSPS) is 21.3. The zero-order valence-corrected chi connectivity index (χ0v) is 10.8. The Morgan fingerprint density at radius 1 is 1.47 bits per heavy atom. The number of nitrogens with zero attached hydrogens (tertiary/aromatic N) is 1. The van der Waals surface area contributed by atoms with E-state index in [2.05, 4.69) is 30.9 Å². The van der Waals surface area contributed by atoms with E-state index in [4.69, 9.17) is 10.5 Å². The number of nitrogens with two attached hydrogens (primary N) is 1. The van der Waals surface area contributed by atoms with Gasteiger partial charge in [-0.2, -0.15) is 0 Å². The Balaban J connectivity index is 2.21. The van der Waals surface area contributed by atoms with Crippen molar-refractivity contribution in [2.24, 2.45) is 0 Å². The van der Waals surface area contributed by atoms with Crippen LogP contribution in [0.1, 0.15) is 25.3 Å². The summed E-state index contributed by atoms with van der Waals surface area (Å²) in [5.41, 5.74) is 9.27. The topological polar surface area (TPSA) is 38.5 Å². The molecule has 2 rings (SSSR count). The van der Waals surface area contributed by atoms with Crippen molar-refractivity contribution < 1.29 is 4.74 Å². The summed E-state index contributed by atoms with van der Waals surface area (Å²) in [5, 5.41) is 0. The molecule has 1 aliphatic heterocycles. The highest BCUT2D eigenvalue weighted by atomic mass is 16.5. The Hall–Kier alpha value is -1.22. The number of nitrogen functional groups attached to an aromatic ring is 1. The molecule has 3 nitrogen and oxygen atoms in total. The Bertz CT molecular complexity index is 378. The molecule has 0 amide bonds. The SMILES string of the molecule is CCC1CN(c2cc(N)ccc2C)CCCO1. The molecule has 1 aliphatic rings. The average Bonchev–Trinajstić information content (AvgIpc) is 2.57. The number of benzene rings is 1. The number of aryl methyl sites for hydroxylation is 1. The molecule has 0 spiro atoms. The predicted molar refractivity (Wildman–Crippen MR) is 72.5 cm³/mol. The molecule has 3 heteroatoms. The lowest BCUT2D eigenvalue weighted by molar-refractivity contribution is 0.0664. The van der Waals surface area contributed by atoms with E-state index in [1.807, 2.05) is 6.07 Å². The molecule has 1 aromatic carbocycles. The van der Waals surface area contributed by atoms with Gasteiger partial charge in [-0.25, -0.2) is 0 Å². The highest BCUT2D eigenvalue weighted by molar-refractivity contribution is 5.61. The van der Waals surface area contributed by atoms with Crippen LogP contribution in [0.5, 0.6) is 0 Å². The van der Waals surface area contributed by atoms with Gasteiger partial charge in [0.2, 0.25) is 0 Å². The second-order valence-electron chi connectivity index (χ2n) is 4.75. The van der Waals surface area contributed by atoms with Gasteiger partial charge in [-0.05, 0) is 37.5 Å². The molecule has 1 aromatic rings. The smallest absolute Gasteiger partial charge is 0.0747 e. The minimum Gasteiger partial charge on any atom is -0.399 e. The fourth-order valence-corrected chi connectivity index (χ4v) is 2.33. The molecule has 0 aliphatic carbocycles. The van der Waals surface area contributed by atoms with Gasteiger partial charge in [-0.3, -0.25) is 0 Å². The highest BCUT2D eigenvalue weighted by Crippen LogP contribution is 2.25. The number of ether oxygens (including phenoxy) is 1. The van der Waals surface area contributed by atoms with Crippen LogP contribution in [0.25, 0.3) is 0 Å². The number of hydrogen-bond acceptors (Lipinski definition) is 3. The molecular weight excluding hydrogens is 212 g/mol. The molecule has 94 valence electrons. The molecule has 2 N–H and O–H groups in total. The van der Waals surface area contributed by atoms with E-state index < -0.39 is 0 Å². The summed E-state index contributed by atoms with van der Waals surface area (Å²) in [6.45, 7) is 7.22. The van der Waals surface area contributed by atoms with E-state index in [9.17, 15) is 0 Å². The number of hydrogen-bond donors (Lipinski definition) is 1. The summed E-state index contributed by atoms with van der Waals surface area (Å²) in [6, 6.07) is 6.13. The van der Waals surface area contributed by atoms with Gasteiger partial charge in [0.1, 0.15) is 0 Å². The van der Waals surface area contributed by atoms with Crippen LogP contribution in [0.4, 0.5) is 11.4 Å². The largest absolute Gasteiger partial charge is 0.399 e. The first-order valence-corrected chi connectivity index (χ1v) is 6.43. The van der Waals surface area contributed by atoms with Gasteiger partial charge in [-0.1, -0.05) is 13.0 Å². The maximum atomic E-state index is 5.88. The third-order valence-corrected chi connectivity index (χ3v) is 3.38. The van der Waals surface area contributed by atoms with Gasteiger partial charge in [0.05, 0.1) is 6.10 Å². The van der Waals surface area contributed by atoms with Gasteiger partial charge < -0.3 is 15.4 Å². The Morgan fingerprint density at radius 2 is 2.29 bits per heavy atom. The molecule has 0 bridgehead atoms. The van der Waals surface area contributed by atoms with E-state index in [0.29, 0.717) is 6.10 Å². The van der Waals surface area contributed by atoms with Crippen molar-refractivity contribution in [1.82, 2.24) is 0 Å². The highest BCUT2D eigenvalue weighted by Gasteiger charge is 2.18. The quantitative estimate of drug-likeness (QED) is 0.799. The maximum absolute atomic E-state index is 5.88.